The maximum absolute atomic E-state index is 11.7. The highest BCUT2D eigenvalue weighted by Crippen LogP contribution is 2.17. The Morgan fingerprint density at radius 1 is 1.44 bits per heavy atom. The molecule has 1 aromatic heterocycles. The van der Waals surface area contributed by atoms with Gasteiger partial charge in [0.1, 0.15) is 0 Å². The van der Waals surface area contributed by atoms with Crippen LogP contribution in [0.15, 0.2) is 12.1 Å². The van der Waals surface area contributed by atoms with Crippen LogP contribution in [0.25, 0.3) is 0 Å². The number of piperidine rings is 1. The molecule has 1 aromatic rings. The van der Waals surface area contributed by atoms with E-state index in [-0.39, 0.29) is 12.0 Å². The van der Waals surface area contributed by atoms with Crippen molar-refractivity contribution in [1.82, 2.24) is 15.1 Å². The van der Waals surface area contributed by atoms with Crippen LogP contribution in [0, 0.1) is 0 Å². The predicted octanol–water partition coefficient (Wildman–Crippen LogP) is 0.140. The minimum Gasteiger partial charge on any atom is -0.391 e. The van der Waals surface area contributed by atoms with Crippen LogP contribution in [0.1, 0.15) is 23.3 Å². The quantitative estimate of drug-likeness (QED) is 0.808. The number of hydrogen-bond acceptors (Lipinski definition) is 5. The van der Waals surface area contributed by atoms with Gasteiger partial charge in [0.15, 0.2) is 11.5 Å². The minimum atomic E-state index is -0.302. The molecule has 1 fully saturated rings. The number of hydrogen-bond donors (Lipinski definition) is 1. The van der Waals surface area contributed by atoms with Gasteiger partial charge in [0, 0.05) is 27.2 Å². The Morgan fingerprint density at radius 3 is 2.78 bits per heavy atom. The van der Waals surface area contributed by atoms with E-state index in [1.165, 1.54) is 4.90 Å². The highest BCUT2D eigenvalue weighted by molar-refractivity contribution is 5.91. The fraction of sp³-hybridized carbons (Fsp3) is 0.583. The molecule has 1 atom stereocenters. The molecular weight excluding hydrogens is 232 g/mol. The van der Waals surface area contributed by atoms with E-state index in [4.69, 9.17) is 0 Å². The summed E-state index contributed by atoms with van der Waals surface area (Å²) < 4.78 is 0. The van der Waals surface area contributed by atoms with Crippen molar-refractivity contribution in [3.63, 3.8) is 0 Å². The second kappa shape index (κ2) is 5.30. The Labute approximate surface area is 106 Å². The van der Waals surface area contributed by atoms with E-state index >= 15 is 0 Å². The summed E-state index contributed by atoms with van der Waals surface area (Å²) in [6, 6.07) is 3.45. The van der Waals surface area contributed by atoms with E-state index < -0.39 is 0 Å². The van der Waals surface area contributed by atoms with Crippen LogP contribution < -0.4 is 4.90 Å². The molecule has 0 bridgehead atoms. The molecule has 1 N–H and O–H groups in total. The molecule has 1 amide bonds. The Kier molecular flexibility index (Phi) is 3.76. The summed E-state index contributed by atoms with van der Waals surface area (Å²) in [5.74, 6) is 0.553. The SMILES string of the molecule is CN(C)C(=O)c1ccc(N2CCCC(O)C2)nn1. The molecule has 2 rings (SSSR count). The van der Waals surface area contributed by atoms with Crippen LogP contribution in [-0.2, 0) is 0 Å². The molecule has 0 saturated carbocycles. The maximum Gasteiger partial charge on any atom is 0.273 e. The second-order valence-corrected chi connectivity index (χ2v) is 4.72. The van der Waals surface area contributed by atoms with Crippen LogP contribution >= 0.6 is 0 Å². The smallest absolute Gasteiger partial charge is 0.273 e. The topological polar surface area (TPSA) is 69.6 Å². The van der Waals surface area contributed by atoms with Gasteiger partial charge in [-0.1, -0.05) is 0 Å². The highest BCUT2D eigenvalue weighted by atomic mass is 16.3. The van der Waals surface area contributed by atoms with E-state index in [2.05, 4.69) is 10.2 Å². The fourth-order valence-corrected chi connectivity index (χ4v) is 2.00. The van der Waals surface area contributed by atoms with Gasteiger partial charge in [-0.2, -0.15) is 0 Å². The van der Waals surface area contributed by atoms with Crippen molar-refractivity contribution in [3.8, 4) is 0 Å². The van der Waals surface area contributed by atoms with Crippen LogP contribution in [0.5, 0.6) is 0 Å². The molecule has 0 aromatic carbocycles. The number of aromatic nitrogens is 2. The van der Waals surface area contributed by atoms with E-state index in [1.54, 1.807) is 26.2 Å². The second-order valence-electron chi connectivity index (χ2n) is 4.72. The lowest BCUT2D eigenvalue weighted by atomic mass is 10.1. The van der Waals surface area contributed by atoms with Gasteiger partial charge >= 0.3 is 0 Å². The van der Waals surface area contributed by atoms with E-state index in [1.807, 2.05) is 4.90 Å². The Hall–Kier alpha value is -1.69. The third-order valence-electron chi connectivity index (χ3n) is 3.00. The van der Waals surface area contributed by atoms with Gasteiger partial charge in [0.05, 0.1) is 6.10 Å². The number of aliphatic hydroxyl groups is 1. The van der Waals surface area contributed by atoms with Crippen molar-refractivity contribution in [3.05, 3.63) is 17.8 Å². The van der Waals surface area contributed by atoms with Gasteiger partial charge < -0.3 is 14.9 Å². The molecule has 98 valence electrons. The molecule has 1 unspecified atom stereocenters. The van der Waals surface area contributed by atoms with Gasteiger partial charge in [0.25, 0.3) is 5.91 Å². The summed E-state index contributed by atoms with van der Waals surface area (Å²) in [6.45, 7) is 1.45. The summed E-state index contributed by atoms with van der Waals surface area (Å²) in [5.41, 5.74) is 0.335. The van der Waals surface area contributed by atoms with Gasteiger partial charge in [-0.3, -0.25) is 4.79 Å². The molecule has 6 heteroatoms. The van der Waals surface area contributed by atoms with Gasteiger partial charge in [-0.05, 0) is 25.0 Å². The average molecular weight is 250 g/mol. The van der Waals surface area contributed by atoms with Crippen molar-refractivity contribution in [2.75, 3.05) is 32.1 Å². The number of nitrogens with zero attached hydrogens (tertiary/aromatic N) is 4. The monoisotopic (exact) mass is 250 g/mol. The van der Waals surface area contributed by atoms with Crippen molar-refractivity contribution in [2.45, 2.75) is 18.9 Å². The first-order valence-electron chi connectivity index (χ1n) is 6.06. The molecule has 1 saturated heterocycles. The van der Waals surface area contributed by atoms with Crippen molar-refractivity contribution in [1.29, 1.82) is 0 Å². The van der Waals surface area contributed by atoms with Gasteiger partial charge in [-0.25, -0.2) is 0 Å². The van der Waals surface area contributed by atoms with E-state index in [9.17, 15) is 9.90 Å². The molecule has 0 aliphatic carbocycles. The summed E-state index contributed by atoms with van der Waals surface area (Å²) in [4.78, 5) is 15.1. The lowest BCUT2D eigenvalue weighted by molar-refractivity contribution is 0.0820. The molecule has 2 heterocycles. The minimum absolute atomic E-state index is 0.160. The third kappa shape index (κ3) is 2.76. The Bertz CT molecular complexity index is 419. The van der Waals surface area contributed by atoms with Crippen molar-refractivity contribution in [2.24, 2.45) is 0 Å². The standard InChI is InChI=1S/C12H18N4O2/c1-15(2)12(18)10-5-6-11(14-13-10)16-7-3-4-9(17)8-16/h5-6,9,17H,3-4,7-8H2,1-2H3. The van der Waals surface area contributed by atoms with Crippen LogP contribution in [-0.4, -0.2) is 59.4 Å². The van der Waals surface area contributed by atoms with Crippen LogP contribution in [0.2, 0.25) is 0 Å². The first kappa shape index (κ1) is 12.8. The Balaban J connectivity index is 2.10. The first-order chi connectivity index (χ1) is 8.58. The zero-order chi connectivity index (χ0) is 13.1. The number of amides is 1. The van der Waals surface area contributed by atoms with Crippen molar-refractivity contribution >= 4 is 11.7 Å². The van der Waals surface area contributed by atoms with E-state index in [0.29, 0.717) is 18.1 Å². The molecule has 0 spiro atoms. The normalized spacial score (nSPS) is 19.7. The number of carbonyl (C=O) groups is 1. The van der Waals surface area contributed by atoms with Gasteiger partial charge in [0.2, 0.25) is 0 Å². The number of rotatable bonds is 2. The first-order valence-corrected chi connectivity index (χ1v) is 6.06. The third-order valence-corrected chi connectivity index (χ3v) is 3.00. The highest BCUT2D eigenvalue weighted by Gasteiger charge is 2.19. The molecule has 1 aliphatic rings. The maximum atomic E-state index is 11.7. The number of aliphatic hydroxyl groups excluding tert-OH is 1. The summed E-state index contributed by atoms with van der Waals surface area (Å²) in [7, 11) is 3.36. The molecule has 1 aliphatic heterocycles. The van der Waals surface area contributed by atoms with Crippen LogP contribution in [0.3, 0.4) is 0 Å². The lowest BCUT2D eigenvalue weighted by Gasteiger charge is -2.30. The molecule has 0 radical (unpaired) electrons. The van der Waals surface area contributed by atoms with Crippen LogP contribution in [0.4, 0.5) is 5.82 Å². The fourth-order valence-electron chi connectivity index (χ4n) is 2.00. The average Bonchev–Trinajstić information content (AvgIpc) is 2.38. The van der Waals surface area contributed by atoms with Crippen molar-refractivity contribution < 1.29 is 9.90 Å². The molecule has 18 heavy (non-hydrogen) atoms. The largest absolute Gasteiger partial charge is 0.391 e. The van der Waals surface area contributed by atoms with Gasteiger partial charge in [-0.15, -0.1) is 10.2 Å². The predicted molar refractivity (Wildman–Crippen MR) is 67.5 cm³/mol. The lowest BCUT2D eigenvalue weighted by Crippen LogP contribution is -2.38. The number of β-amino-alcohol motifs (C(OH)–C–C–N with tert-alkyl or cyclic N) is 1. The summed E-state index contributed by atoms with van der Waals surface area (Å²) in [6.07, 6.45) is 1.48. The number of carbonyl (C=O) groups excluding carboxylic acids is 1. The summed E-state index contributed by atoms with van der Waals surface area (Å²) >= 11 is 0. The zero-order valence-electron chi connectivity index (χ0n) is 10.7. The van der Waals surface area contributed by atoms with E-state index in [0.717, 1.165) is 19.4 Å². The molecular formula is C12H18N4O2. The number of anilines is 1. The zero-order valence-corrected chi connectivity index (χ0v) is 10.7. The Morgan fingerprint density at radius 2 is 2.22 bits per heavy atom. The summed E-state index contributed by atoms with van der Waals surface area (Å²) in [5, 5.41) is 17.6. The molecule has 6 nitrogen and oxygen atoms in total.